The van der Waals surface area contributed by atoms with Gasteiger partial charge in [0, 0.05) is 26.4 Å². The van der Waals surface area contributed by atoms with Crippen molar-refractivity contribution in [3.05, 3.63) is 29.8 Å². The van der Waals surface area contributed by atoms with Crippen molar-refractivity contribution < 1.29 is 14.3 Å². The molecular formula is C12H17FN2O2. The van der Waals surface area contributed by atoms with Crippen molar-refractivity contribution in [2.75, 3.05) is 20.2 Å². The molecule has 0 fully saturated rings. The van der Waals surface area contributed by atoms with Crippen molar-refractivity contribution in [3.8, 4) is 0 Å². The first-order chi connectivity index (χ1) is 8.15. The summed E-state index contributed by atoms with van der Waals surface area (Å²) in [5.74, 6) is -0.745. The van der Waals surface area contributed by atoms with Gasteiger partial charge in [0.25, 0.3) is 5.91 Å². The smallest absolute Gasteiger partial charge is 0.255 e. The molecule has 1 aromatic heterocycles. The highest BCUT2D eigenvalue weighted by Gasteiger charge is 2.12. The maximum atomic E-state index is 12.9. The summed E-state index contributed by atoms with van der Waals surface area (Å²) in [4.78, 5) is 17.0. The molecule has 1 heterocycles. The third kappa shape index (κ3) is 4.48. The molecule has 1 N–H and O–H groups in total. The second kappa shape index (κ2) is 6.96. The van der Waals surface area contributed by atoms with E-state index in [1.807, 2.05) is 0 Å². The van der Waals surface area contributed by atoms with Gasteiger partial charge in [0.1, 0.15) is 5.82 Å². The molecule has 0 aliphatic rings. The van der Waals surface area contributed by atoms with E-state index in [0.717, 1.165) is 25.5 Å². The molecule has 0 spiro atoms. The minimum atomic E-state index is -0.510. The molecule has 0 unspecified atom stereocenters. The molecule has 0 saturated carbocycles. The topological polar surface area (TPSA) is 53.4 Å². The number of pyridine rings is 1. The molecule has 0 bridgehead atoms. The number of unbranched alkanes of at least 4 members (excludes halogenated alkanes) is 2. The minimum absolute atomic E-state index is 0.172. The maximum absolute atomic E-state index is 12.9. The highest BCUT2D eigenvalue weighted by Crippen LogP contribution is 2.06. The Hall–Kier alpha value is -1.49. The third-order valence-corrected chi connectivity index (χ3v) is 2.45. The van der Waals surface area contributed by atoms with Gasteiger partial charge < -0.3 is 10.0 Å². The number of hydrogen-bond acceptors (Lipinski definition) is 3. The Kier molecular flexibility index (Phi) is 5.56. The highest BCUT2D eigenvalue weighted by atomic mass is 19.1. The lowest BCUT2D eigenvalue weighted by atomic mass is 10.2. The summed E-state index contributed by atoms with van der Waals surface area (Å²) < 4.78 is 12.9. The lowest BCUT2D eigenvalue weighted by molar-refractivity contribution is 0.0791. The summed E-state index contributed by atoms with van der Waals surface area (Å²) in [6.45, 7) is 0.765. The van der Waals surface area contributed by atoms with Crippen LogP contribution in [-0.4, -0.2) is 41.1 Å². The molecule has 1 amide bonds. The fourth-order valence-corrected chi connectivity index (χ4v) is 1.49. The lowest BCUT2D eigenvalue weighted by Gasteiger charge is -2.16. The first kappa shape index (κ1) is 13.6. The Labute approximate surface area is 100 Å². The first-order valence-electron chi connectivity index (χ1n) is 5.62. The van der Waals surface area contributed by atoms with Crippen LogP contribution in [-0.2, 0) is 0 Å². The number of halogens is 1. The molecule has 17 heavy (non-hydrogen) atoms. The largest absolute Gasteiger partial charge is 0.396 e. The number of aliphatic hydroxyl groups is 1. The number of amides is 1. The summed E-state index contributed by atoms with van der Waals surface area (Å²) in [5.41, 5.74) is 0.259. The van der Waals surface area contributed by atoms with Crippen LogP contribution in [0.15, 0.2) is 18.5 Å². The van der Waals surface area contributed by atoms with Gasteiger partial charge in [0.15, 0.2) is 0 Å². The molecule has 5 heteroatoms. The molecule has 0 atom stereocenters. The van der Waals surface area contributed by atoms with Crippen molar-refractivity contribution in [2.45, 2.75) is 19.3 Å². The normalized spacial score (nSPS) is 10.3. The summed E-state index contributed by atoms with van der Waals surface area (Å²) in [6.07, 6.45) is 4.86. The molecule has 4 nitrogen and oxygen atoms in total. The van der Waals surface area contributed by atoms with Gasteiger partial charge in [-0.2, -0.15) is 0 Å². The van der Waals surface area contributed by atoms with E-state index >= 15 is 0 Å². The van der Waals surface area contributed by atoms with E-state index in [1.54, 1.807) is 7.05 Å². The fraction of sp³-hybridized carbons (Fsp3) is 0.500. The first-order valence-corrected chi connectivity index (χ1v) is 5.62. The van der Waals surface area contributed by atoms with Crippen molar-refractivity contribution >= 4 is 5.91 Å². The predicted molar refractivity (Wildman–Crippen MR) is 62.1 cm³/mol. The molecule has 0 aliphatic carbocycles. The third-order valence-electron chi connectivity index (χ3n) is 2.45. The molecule has 0 aliphatic heterocycles. The number of hydrogen-bond donors (Lipinski definition) is 1. The molecule has 1 rings (SSSR count). The molecule has 0 radical (unpaired) electrons. The van der Waals surface area contributed by atoms with Gasteiger partial charge in [-0.1, -0.05) is 0 Å². The van der Waals surface area contributed by atoms with Crippen LogP contribution in [0.5, 0.6) is 0 Å². The van der Waals surface area contributed by atoms with Crippen LogP contribution in [0.1, 0.15) is 29.6 Å². The van der Waals surface area contributed by atoms with Crippen molar-refractivity contribution in [3.63, 3.8) is 0 Å². The molecule has 0 saturated heterocycles. The van der Waals surface area contributed by atoms with Crippen LogP contribution < -0.4 is 0 Å². The van der Waals surface area contributed by atoms with Gasteiger partial charge >= 0.3 is 0 Å². The molecular weight excluding hydrogens is 223 g/mol. The number of aliphatic hydroxyl groups excluding tert-OH is 1. The lowest BCUT2D eigenvalue weighted by Crippen LogP contribution is -2.28. The highest BCUT2D eigenvalue weighted by molar-refractivity contribution is 5.93. The average molecular weight is 240 g/mol. The maximum Gasteiger partial charge on any atom is 0.255 e. The van der Waals surface area contributed by atoms with Gasteiger partial charge in [0.2, 0.25) is 0 Å². The Bertz CT molecular complexity index is 371. The summed E-state index contributed by atoms with van der Waals surface area (Å²) in [7, 11) is 1.67. The Morgan fingerprint density at radius 1 is 1.41 bits per heavy atom. The minimum Gasteiger partial charge on any atom is -0.396 e. The average Bonchev–Trinajstić information content (AvgIpc) is 2.33. The van der Waals surface area contributed by atoms with Crippen LogP contribution in [0.25, 0.3) is 0 Å². The second-order valence-electron chi connectivity index (χ2n) is 3.90. The summed E-state index contributed by atoms with van der Waals surface area (Å²) >= 11 is 0. The van der Waals surface area contributed by atoms with Crippen LogP contribution in [0.2, 0.25) is 0 Å². The monoisotopic (exact) mass is 240 g/mol. The van der Waals surface area contributed by atoms with Gasteiger partial charge in [0.05, 0.1) is 11.8 Å². The SMILES string of the molecule is CN(CCCCCO)C(=O)c1cncc(F)c1. The summed E-state index contributed by atoms with van der Waals surface area (Å²) in [5, 5.41) is 8.62. The van der Waals surface area contributed by atoms with Crippen LogP contribution >= 0.6 is 0 Å². The van der Waals surface area contributed by atoms with Gasteiger partial charge in [-0.15, -0.1) is 0 Å². The summed E-state index contributed by atoms with van der Waals surface area (Å²) in [6, 6.07) is 1.18. The van der Waals surface area contributed by atoms with E-state index in [4.69, 9.17) is 5.11 Å². The quantitative estimate of drug-likeness (QED) is 0.766. The van der Waals surface area contributed by atoms with Crippen molar-refractivity contribution in [2.24, 2.45) is 0 Å². The zero-order chi connectivity index (χ0) is 12.7. The Balaban J connectivity index is 2.46. The van der Waals surface area contributed by atoms with E-state index in [-0.39, 0.29) is 18.1 Å². The van der Waals surface area contributed by atoms with Crippen LogP contribution in [0.3, 0.4) is 0 Å². The Morgan fingerprint density at radius 3 is 2.82 bits per heavy atom. The number of nitrogens with zero attached hydrogens (tertiary/aromatic N) is 2. The zero-order valence-electron chi connectivity index (χ0n) is 9.90. The van der Waals surface area contributed by atoms with E-state index in [9.17, 15) is 9.18 Å². The van der Waals surface area contributed by atoms with Gasteiger partial charge in [-0.25, -0.2) is 4.39 Å². The fourth-order valence-electron chi connectivity index (χ4n) is 1.49. The molecule has 94 valence electrons. The number of rotatable bonds is 6. The molecule has 1 aromatic rings. The van der Waals surface area contributed by atoms with Gasteiger partial charge in [-0.3, -0.25) is 9.78 Å². The van der Waals surface area contributed by atoms with Crippen LogP contribution in [0, 0.1) is 5.82 Å². The Morgan fingerprint density at radius 2 is 2.18 bits per heavy atom. The number of carbonyl (C=O) groups excluding carboxylic acids is 1. The standard InChI is InChI=1S/C12H17FN2O2/c1-15(5-3-2-4-6-16)12(17)10-7-11(13)9-14-8-10/h7-9,16H,2-6H2,1H3. The number of aromatic nitrogens is 1. The van der Waals surface area contributed by atoms with E-state index in [2.05, 4.69) is 4.98 Å². The van der Waals surface area contributed by atoms with Crippen molar-refractivity contribution in [1.82, 2.24) is 9.88 Å². The van der Waals surface area contributed by atoms with E-state index < -0.39 is 5.82 Å². The zero-order valence-corrected chi connectivity index (χ0v) is 9.90. The van der Waals surface area contributed by atoms with Crippen LogP contribution in [0.4, 0.5) is 4.39 Å². The van der Waals surface area contributed by atoms with E-state index in [0.29, 0.717) is 6.54 Å². The molecule has 0 aromatic carbocycles. The van der Waals surface area contributed by atoms with Gasteiger partial charge in [-0.05, 0) is 25.3 Å². The van der Waals surface area contributed by atoms with E-state index in [1.165, 1.54) is 17.2 Å². The second-order valence-corrected chi connectivity index (χ2v) is 3.90. The predicted octanol–water partition coefficient (Wildman–Crippen LogP) is 1.46. The van der Waals surface area contributed by atoms with Crippen molar-refractivity contribution in [1.29, 1.82) is 0 Å². The number of carbonyl (C=O) groups is 1.